The third-order valence-electron chi connectivity index (χ3n) is 18.0. The van der Waals surface area contributed by atoms with E-state index in [0.717, 1.165) is 9.80 Å². The van der Waals surface area contributed by atoms with Crippen molar-refractivity contribution in [2.75, 3.05) is 83.7 Å². The Kier molecular flexibility index (Phi) is 24.5. The molecule has 0 saturated carbocycles. The molecular weight excluding hydrogens is 1380 g/mol. The number of aliphatic carboxylic acids is 2. The van der Waals surface area contributed by atoms with E-state index >= 15 is 0 Å². The van der Waals surface area contributed by atoms with E-state index in [4.69, 9.17) is 57.8 Å². The molecule has 14 atom stereocenters. The summed E-state index contributed by atoms with van der Waals surface area (Å²) < 4.78 is 62.5. The number of ether oxygens (including phenoxy) is 11. The number of aliphatic hydroxyl groups is 8. The van der Waals surface area contributed by atoms with Gasteiger partial charge in [0, 0.05) is 52.0 Å². The van der Waals surface area contributed by atoms with Gasteiger partial charge in [0.2, 0.25) is 12.6 Å². The standard InChI is InChI=1S/C68H81N7O29/c1-31-19-41-61(86)74(67(92)99-29-33-9-11-43(37(21-33)57(82)70-14-13-69)101-65-53(80)49(76)51(78)55(103-65)63(88)89)39-25-47(45(95-4)23-35(39)59(84)72(41)27-31)97-16-7-6-8-17-98-48-26-40-36(24-46(48)96-5)60(85)73-28-32(2)20-42(73)62(87)75(40)68(93)100-30-34-10-12-44(38(22-34)58(83)71-15-18-94-3)102-66-54(81)50(77)52(79)56(104-66)64(90)91/h9-12,21-26,41-42,49-56,61-62,65-66,76-81,86-87H,1-2,6-8,13-20,27-30,69H2,3-5H3,(H,70,82)(H,71,83)(H,88,89)(H,90,91)/t41-,42-,49-,50-,51-,52-,53+,54+,55-,56-,61?,62?,65+,66+/m0/s1. The second-order valence-electron chi connectivity index (χ2n) is 25.0. The van der Waals surface area contributed by atoms with Crippen LogP contribution in [0.15, 0.2) is 85.0 Å². The molecule has 6 amide bonds. The number of carboxylic acid groups (broad SMARTS) is 2. The predicted molar refractivity (Wildman–Crippen MR) is 354 cm³/mol. The van der Waals surface area contributed by atoms with Gasteiger partial charge in [-0.1, -0.05) is 36.4 Å². The van der Waals surface area contributed by atoms with E-state index < -0.39 is 147 Å². The van der Waals surface area contributed by atoms with Crippen LogP contribution in [0.4, 0.5) is 21.0 Å². The Morgan fingerprint density at radius 2 is 0.942 bits per heavy atom. The van der Waals surface area contributed by atoms with Crippen molar-refractivity contribution in [1.29, 1.82) is 0 Å². The monoisotopic (exact) mass is 1460 g/mol. The van der Waals surface area contributed by atoms with Crippen molar-refractivity contribution < 1.29 is 142 Å². The van der Waals surface area contributed by atoms with Crippen molar-refractivity contribution >= 4 is 59.1 Å². The maximum Gasteiger partial charge on any atom is 0.416 e. The molecule has 562 valence electrons. The van der Waals surface area contributed by atoms with E-state index in [1.54, 1.807) is 0 Å². The number of unbranched alkanes of at least 4 members (excludes halogenated alkanes) is 2. The van der Waals surface area contributed by atoms with Gasteiger partial charge in [-0.05, 0) is 79.6 Å². The summed E-state index contributed by atoms with van der Waals surface area (Å²) >= 11 is 0. The molecule has 2 unspecified atom stereocenters. The maximum absolute atomic E-state index is 14.5. The molecule has 4 fully saturated rings. The van der Waals surface area contributed by atoms with Crippen molar-refractivity contribution in [3.63, 3.8) is 0 Å². The molecule has 104 heavy (non-hydrogen) atoms. The maximum atomic E-state index is 14.5. The zero-order valence-corrected chi connectivity index (χ0v) is 56.5. The summed E-state index contributed by atoms with van der Waals surface area (Å²) in [5, 5.41) is 111. The van der Waals surface area contributed by atoms with Crippen LogP contribution in [0.5, 0.6) is 34.5 Å². The minimum absolute atomic E-state index is 0.00379. The van der Waals surface area contributed by atoms with Gasteiger partial charge in [-0.25, -0.2) is 29.0 Å². The van der Waals surface area contributed by atoms with E-state index in [1.807, 2.05) is 0 Å². The number of amides is 6. The fraction of sp³-hybridized carbons (Fsp3) is 0.471. The Morgan fingerprint density at radius 1 is 0.529 bits per heavy atom. The summed E-state index contributed by atoms with van der Waals surface area (Å²) in [4.78, 5) is 113. The fourth-order valence-corrected chi connectivity index (χ4v) is 12.6. The first-order valence-corrected chi connectivity index (χ1v) is 32.8. The molecule has 4 aromatic rings. The number of carbonyl (C=O) groups excluding carboxylic acids is 6. The summed E-state index contributed by atoms with van der Waals surface area (Å²) in [6.07, 6.45) is -24.2. The normalized spacial score (nSPS) is 25.7. The zero-order valence-electron chi connectivity index (χ0n) is 56.5. The molecule has 0 bridgehead atoms. The van der Waals surface area contributed by atoms with Gasteiger partial charge in [-0.3, -0.25) is 19.2 Å². The first kappa shape index (κ1) is 76.7. The van der Waals surface area contributed by atoms with Crippen LogP contribution in [-0.2, 0) is 46.5 Å². The third-order valence-corrected chi connectivity index (χ3v) is 18.0. The van der Waals surface area contributed by atoms with Crippen LogP contribution in [-0.4, -0.2) is 268 Å². The van der Waals surface area contributed by atoms with E-state index in [1.165, 1.54) is 91.8 Å². The van der Waals surface area contributed by atoms with Crippen LogP contribution >= 0.6 is 0 Å². The van der Waals surface area contributed by atoms with Crippen LogP contribution < -0.4 is 54.6 Å². The number of methoxy groups -OCH3 is 3. The second-order valence-corrected chi connectivity index (χ2v) is 25.0. The Hall–Kier alpha value is -9.96. The predicted octanol–water partition coefficient (Wildman–Crippen LogP) is -0.570. The van der Waals surface area contributed by atoms with Crippen LogP contribution in [0.1, 0.15) is 84.7 Å². The lowest BCUT2D eigenvalue weighted by Gasteiger charge is -2.38. The molecule has 14 N–H and O–H groups in total. The number of anilines is 2. The number of fused-ring (bicyclic) bond motifs is 4. The molecule has 4 saturated heterocycles. The Morgan fingerprint density at radius 3 is 1.33 bits per heavy atom. The minimum atomic E-state index is -2.03. The summed E-state index contributed by atoms with van der Waals surface area (Å²) in [7, 11) is 4.08. The molecule has 4 aromatic carbocycles. The number of nitrogens with one attached hydrogen (secondary N) is 2. The smallest absolute Gasteiger partial charge is 0.416 e. The molecular formula is C68H81N7O29. The number of hydrogen-bond donors (Lipinski definition) is 13. The SMILES string of the molecule is C=C1C[C@H]2C(O)N(C(=O)OCc3ccc(O[C@@H]4O[C@H](C(=O)O)[C@@H](O)[C@H](O)[C@H]4O)c(C(=O)NCCN)c3)c3cc(OCCCCCOc4cc5c(cc4OC)C(=O)N4CC(=C)C[C@H]4C(O)N5C(=O)OCc4ccc(O[C@@H]5O[C@H](C(=O)O)[C@@H](O)[C@H](O)[C@H]5O)c(C(=O)NCCOC)c4)c(OC)cc3C(=O)N2C1. The number of nitrogens with zero attached hydrogens (tertiary/aromatic N) is 4. The van der Waals surface area contributed by atoms with Crippen molar-refractivity contribution in [1.82, 2.24) is 20.4 Å². The van der Waals surface area contributed by atoms with Gasteiger partial charge >= 0.3 is 24.1 Å². The highest BCUT2D eigenvalue weighted by Crippen LogP contribution is 2.45. The number of hydrogen-bond acceptors (Lipinski definition) is 28. The third kappa shape index (κ3) is 16.2. The highest BCUT2D eigenvalue weighted by atomic mass is 16.7. The molecule has 0 radical (unpaired) electrons. The Balaban J connectivity index is 0.822. The summed E-state index contributed by atoms with van der Waals surface area (Å²) in [6.45, 7) is 7.13. The number of carboxylic acids is 2. The number of nitrogens with two attached hydrogens (primary N) is 1. The van der Waals surface area contributed by atoms with E-state index in [9.17, 15) is 89.4 Å². The van der Waals surface area contributed by atoms with Crippen LogP contribution in [0.2, 0.25) is 0 Å². The molecule has 6 aliphatic rings. The quantitative estimate of drug-likeness (QED) is 0.0263. The summed E-state index contributed by atoms with van der Waals surface area (Å²) in [5.74, 6) is -6.32. The minimum Gasteiger partial charge on any atom is -0.493 e. The van der Waals surface area contributed by atoms with E-state index in [-0.39, 0.29) is 145 Å². The molecule has 6 heterocycles. The number of aliphatic hydroxyl groups excluding tert-OH is 8. The zero-order chi connectivity index (χ0) is 75.1. The van der Waals surface area contributed by atoms with Gasteiger partial charge in [-0.2, -0.15) is 0 Å². The lowest BCUT2D eigenvalue weighted by molar-refractivity contribution is -0.271. The van der Waals surface area contributed by atoms with Crippen molar-refractivity contribution in [2.24, 2.45) is 5.73 Å². The average molecular weight is 1460 g/mol. The average Bonchev–Trinajstić information content (AvgIpc) is 1.59. The molecule has 0 spiro atoms. The summed E-state index contributed by atoms with van der Waals surface area (Å²) in [6, 6.07) is 11.1. The van der Waals surface area contributed by atoms with Gasteiger partial charge in [0.05, 0.1) is 79.8 Å². The number of rotatable bonds is 27. The van der Waals surface area contributed by atoms with Gasteiger partial charge in [0.25, 0.3) is 23.6 Å². The van der Waals surface area contributed by atoms with Gasteiger partial charge in [-0.15, -0.1) is 0 Å². The molecule has 36 heteroatoms. The number of benzene rings is 4. The lowest BCUT2D eigenvalue weighted by atomic mass is 9.99. The first-order chi connectivity index (χ1) is 49.7. The largest absolute Gasteiger partial charge is 0.493 e. The van der Waals surface area contributed by atoms with Gasteiger partial charge < -0.3 is 129 Å². The molecule has 10 rings (SSSR count). The molecule has 36 nitrogen and oxygen atoms in total. The first-order valence-electron chi connectivity index (χ1n) is 32.8. The van der Waals surface area contributed by atoms with Gasteiger partial charge in [0.15, 0.2) is 47.7 Å². The van der Waals surface area contributed by atoms with Crippen molar-refractivity contribution in [2.45, 2.75) is 131 Å². The molecule has 6 aliphatic heterocycles. The molecule has 0 aliphatic carbocycles. The second kappa shape index (κ2) is 33.2. The topological polar surface area (TPSA) is 503 Å². The Bertz CT molecular complexity index is 3930. The Labute approximate surface area is 592 Å². The highest BCUT2D eigenvalue weighted by molar-refractivity contribution is 6.07. The summed E-state index contributed by atoms with van der Waals surface area (Å²) in [5.41, 5.74) is 6.29. The van der Waals surface area contributed by atoms with E-state index in [2.05, 4.69) is 23.8 Å². The van der Waals surface area contributed by atoms with Crippen LogP contribution in [0.3, 0.4) is 0 Å². The van der Waals surface area contributed by atoms with Crippen LogP contribution in [0.25, 0.3) is 0 Å². The van der Waals surface area contributed by atoms with Crippen molar-refractivity contribution in [3.05, 3.63) is 118 Å². The molecule has 0 aromatic heterocycles. The lowest BCUT2D eigenvalue weighted by Crippen LogP contribution is -2.61. The van der Waals surface area contributed by atoms with E-state index in [0.29, 0.717) is 30.4 Å². The fourth-order valence-electron chi connectivity index (χ4n) is 12.6. The number of carbonyl (C=O) groups is 8. The van der Waals surface area contributed by atoms with Crippen molar-refractivity contribution in [3.8, 4) is 34.5 Å². The van der Waals surface area contributed by atoms with Gasteiger partial charge in [0.1, 0.15) is 61.3 Å². The van der Waals surface area contributed by atoms with Crippen LogP contribution in [0, 0.1) is 0 Å². The highest BCUT2D eigenvalue weighted by Gasteiger charge is 2.52.